The van der Waals surface area contributed by atoms with Gasteiger partial charge in [-0.1, -0.05) is 11.6 Å². The summed E-state index contributed by atoms with van der Waals surface area (Å²) in [4.78, 5) is 17.3. The van der Waals surface area contributed by atoms with Crippen molar-refractivity contribution in [1.29, 1.82) is 0 Å². The molecule has 1 aliphatic rings. The second kappa shape index (κ2) is 7.41. The van der Waals surface area contributed by atoms with E-state index in [0.29, 0.717) is 0 Å². The van der Waals surface area contributed by atoms with Gasteiger partial charge in [-0.15, -0.1) is 11.3 Å². The Hall–Kier alpha value is -1.46. The minimum Gasteiger partial charge on any atom is -0.395 e. The average Bonchev–Trinajstić information content (AvgIpc) is 2.90. The smallest absolute Gasteiger partial charge is 0.327 e. The third-order valence-corrected chi connectivity index (χ3v) is 6.60. The van der Waals surface area contributed by atoms with E-state index in [1.54, 1.807) is 18.5 Å². The highest BCUT2D eigenvalue weighted by Gasteiger charge is 2.25. The largest absolute Gasteiger partial charge is 0.395 e. The highest BCUT2D eigenvalue weighted by Crippen LogP contribution is 2.36. The molecule has 0 atom stereocenters. The van der Waals surface area contributed by atoms with Crippen LogP contribution in [0.4, 0.5) is 10.5 Å². The number of halogens is 1. The summed E-state index contributed by atoms with van der Waals surface area (Å²) in [6, 6.07) is 0.829. The first-order chi connectivity index (χ1) is 10.9. The number of aliphatic hydroxyl groups is 1. The van der Waals surface area contributed by atoms with E-state index in [-0.39, 0.29) is 34.1 Å². The van der Waals surface area contributed by atoms with Crippen molar-refractivity contribution < 1.29 is 18.3 Å². The molecule has 2 heterocycles. The Morgan fingerprint density at radius 3 is 2.96 bits per heavy atom. The molecule has 0 unspecified atom stereocenters. The highest BCUT2D eigenvalue weighted by molar-refractivity contribution is 7.91. The predicted molar refractivity (Wildman–Crippen MR) is 89.6 cm³/mol. The maximum Gasteiger partial charge on any atom is 0.327 e. The summed E-state index contributed by atoms with van der Waals surface area (Å²) in [7, 11) is -2.40. The van der Waals surface area contributed by atoms with Crippen LogP contribution in [0.3, 0.4) is 0 Å². The number of nitrogens with one attached hydrogen (secondary N) is 1. The van der Waals surface area contributed by atoms with E-state index in [0.717, 1.165) is 15.6 Å². The van der Waals surface area contributed by atoms with Crippen LogP contribution in [-0.4, -0.2) is 61.8 Å². The summed E-state index contributed by atoms with van der Waals surface area (Å²) in [5.74, 6) is 0. The van der Waals surface area contributed by atoms with Gasteiger partial charge in [-0.05, 0) is 12.1 Å². The molecule has 0 saturated carbocycles. The summed E-state index contributed by atoms with van der Waals surface area (Å²) in [5.41, 5.74) is 0.209. The van der Waals surface area contributed by atoms with Crippen LogP contribution >= 0.6 is 22.9 Å². The van der Waals surface area contributed by atoms with Crippen LogP contribution in [0.15, 0.2) is 27.5 Å². The Bertz CT molecular complexity index is 744. The number of carbonyl (C=O) groups is 1. The number of hydrogen-bond donors (Lipinski definition) is 2. The number of allylic oxidation sites excluding steroid dienone is 1. The van der Waals surface area contributed by atoms with Crippen molar-refractivity contribution in [3.8, 4) is 0 Å². The number of amides is 2. The molecule has 0 bridgehead atoms. The molecule has 2 amide bonds. The Morgan fingerprint density at radius 1 is 1.61 bits per heavy atom. The topological polar surface area (TPSA) is 102 Å². The van der Waals surface area contributed by atoms with Crippen molar-refractivity contribution in [3.05, 3.63) is 22.7 Å². The highest BCUT2D eigenvalue weighted by atomic mass is 35.5. The normalized spacial score (nSPS) is 14.5. The number of urea groups is 1. The number of carbonyl (C=O) groups excluding carboxylic acids is 1. The number of likely N-dealkylation sites (N-methyl/N-ethyl adjacent to an activating group) is 1. The molecule has 0 saturated heterocycles. The second-order valence-corrected chi connectivity index (χ2v) is 8.44. The molecule has 2 rings (SSSR count). The van der Waals surface area contributed by atoms with E-state index < -0.39 is 16.1 Å². The van der Waals surface area contributed by atoms with Crippen LogP contribution < -0.4 is 5.32 Å². The van der Waals surface area contributed by atoms with Crippen LogP contribution in [0.1, 0.15) is 0 Å². The lowest BCUT2D eigenvalue weighted by Gasteiger charge is -2.18. The lowest BCUT2D eigenvalue weighted by atomic mass is 10.5. The second-order valence-electron chi connectivity index (χ2n) is 4.52. The van der Waals surface area contributed by atoms with Crippen molar-refractivity contribution in [2.45, 2.75) is 4.21 Å². The number of nitrogens with zero attached hydrogens (tertiary/aromatic N) is 3. The summed E-state index contributed by atoms with van der Waals surface area (Å²) in [5, 5.41) is 11.4. The van der Waals surface area contributed by atoms with Crippen LogP contribution in [0.2, 0.25) is 4.34 Å². The van der Waals surface area contributed by atoms with Gasteiger partial charge in [-0.3, -0.25) is 9.89 Å². The molecule has 1 aliphatic heterocycles. The van der Waals surface area contributed by atoms with Crippen molar-refractivity contribution >= 4 is 50.9 Å². The maximum absolute atomic E-state index is 12.3. The van der Waals surface area contributed by atoms with Gasteiger partial charge in [0.1, 0.15) is 15.2 Å². The zero-order valence-corrected chi connectivity index (χ0v) is 14.5. The van der Waals surface area contributed by atoms with Crippen LogP contribution in [0.25, 0.3) is 0 Å². The fourth-order valence-corrected chi connectivity index (χ4v) is 4.69. The number of sulfonamides is 1. The van der Waals surface area contributed by atoms with Gasteiger partial charge in [-0.25, -0.2) is 13.2 Å². The van der Waals surface area contributed by atoms with E-state index in [4.69, 9.17) is 16.7 Å². The van der Waals surface area contributed by atoms with Gasteiger partial charge < -0.3 is 10.4 Å². The molecule has 23 heavy (non-hydrogen) atoms. The first kappa shape index (κ1) is 17.9. The van der Waals surface area contributed by atoms with Crippen molar-refractivity contribution in [1.82, 2.24) is 9.21 Å². The van der Waals surface area contributed by atoms with Crippen molar-refractivity contribution in [3.63, 3.8) is 0 Å². The SMILES string of the molecule is CN(CCO)S(=O)(=O)c1cc(NC(=O)N2C=CC=NC2)c(Cl)s1. The van der Waals surface area contributed by atoms with Crippen LogP contribution in [0.5, 0.6) is 0 Å². The van der Waals surface area contributed by atoms with Crippen molar-refractivity contribution in [2.24, 2.45) is 4.99 Å². The molecule has 0 spiro atoms. The zero-order valence-electron chi connectivity index (χ0n) is 12.1. The lowest BCUT2D eigenvalue weighted by Crippen LogP contribution is -2.31. The third-order valence-electron chi connectivity index (χ3n) is 2.94. The monoisotopic (exact) mass is 378 g/mol. The fourth-order valence-electron chi connectivity index (χ4n) is 1.68. The Morgan fingerprint density at radius 2 is 2.35 bits per heavy atom. The van der Waals surface area contributed by atoms with Gasteiger partial charge in [0.05, 0.1) is 12.3 Å². The number of aliphatic imine (C=N–C) groups is 1. The van der Waals surface area contributed by atoms with Gasteiger partial charge in [0, 0.05) is 26.0 Å². The molecular weight excluding hydrogens is 364 g/mol. The Labute approximate surface area is 142 Å². The molecule has 0 aromatic carbocycles. The predicted octanol–water partition coefficient (Wildman–Crippen LogP) is 1.40. The Kier molecular flexibility index (Phi) is 5.76. The summed E-state index contributed by atoms with van der Waals surface area (Å²) >= 11 is 6.86. The Balaban J connectivity index is 2.16. The van der Waals surface area contributed by atoms with E-state index in [1.807, 2.05) is 0 Å². The van der Waals surface area contributed by atoms with Crippen molar-refractivity contribution in [2.75, 3.05) is 32.2 Å². The quantitative estimate of drug-likeness (QED) is 0.808. The molecule has 8 nitrogen and oxygen atoms in total. The van der Waals surface area contributed by atoms with Gasteiger partial charge >= 0.3 is 6.03 Å². The number of hydrogen-bond acceptors (Lipinski definition) is 6. The first-order valence-electron chi connectivity index (χ1n) is 6.47. The molecule has 11 heteroatoms. The molecule has 1 aromatic heterocycles. The van der Waals surface area contributed by atoms with Gasteiger partial charge in [0.25, 0.3) is 10.0 Å². The minimum atomic E-state index is -3.76. The number of thiophene rings is 1. The standard InChI is InChI=1S/C12H15ClN4O4S2/c1-16(5-6-18)23(20,21)10-7-9(11(13)22-10)15-12(19)17-4-2-3-14-8-17/h2-4,7,18H,5-6,8H2,1H3,(H,15,19). The summed E-state index contributed by atoms with van der Waals surface area (Å²) in [6.45, 7) is -0.148. The molecule has 0 aliphatic carbocycles. The van der Waals surface area contributed by atoms with Gasteiger partial charge in [-0.2, -0.15) is 4.31 Å². The average molecular weight is 379 g/mol. The molecule has 126 valence electrons. The summed E-state index contributed by atoms with van der Waals surface area (Å²) in [6.07, 6.45) is 4.73. The maximum atomic E-state index is 12.3. The number of rotatable bonds is 5. The number of aliphatic hydroxyl groups excluding tert-OH is 1. The van der Waals surface area contributed by atoms with Crippen LogP contribution in [-0.2, 0) is 10.0 Å². The molecule has 2 N–H and O–H groups in total. The molecule has 0 radical (unpaired) electrons. The summed E-state index contributed by atoms with van der Waals surface area (Å²) < 4.78 is 25.7. The fraction of sp³-hybridized carbons (Fsp3) is 0.333. The van der Waals surface area contributed by atoms with Crippen LogP contribution in [0, 0.1) is 0 Å². The third kappa shape index (κ3) is 4.09. The van der Waals surface area contributed by atoms with E-state index in [1.165, 1.54) is 18.0 Å². The molecule has 1 aromatic rings. The molecule has 0 fully saturated rings. The van der Waals surface area contributed by atoms with Gasteiger partial charge in [0.15, 0.2) is 0 Å². The van der Waals surface area contributed by atoms with E-state index in [2.05, 4.69) is 10.3 Å². The van der Waals surface area contributed by atoms with E-state index in [9.17, 15) is 13.2 Å². The van der Waals surface area contributed by atoms with Gasteiger partial charge in [0.2, 0.25) is 0 Å². The minimum absolute atomic E-state index is 0.0130. The first-order valence-corrected chi connectivity index (χ1v) is 9.10. The van der Waals surface area contributed by atoms with E-state index >= 15 is 0 Å². The lowest BCUT2D eigenvalue weighted by molar-refractivity contribution is 0.229. The zero-order chi connectivity index (χ0) is 17.0. The molecular formula is C12H15ClN4O4S2. The number of anilines is 1.